The van der Waals surface area contributed by atoms with Crippen molar-refractivity contribution in [3.05, 3.63) is 59.7 Å². The molecule has 0 spiro atoms. The molecule has 6 nitrogen and oxygen atoms in total. The van der Waals surface area contributed by atoms with Crippen molar-refractivity contribution in [2.45, 2.75) is 0 Å². The number of carbonyl (C=O) groups excluding carboxylic acids is 1. The maximum atomic E-state index is 13.0. The Balaban J connectivity index is 2.24. The van der Waals surface area contributed by atoms with Crippen LogP contribution in [0.25, 0.3) is 10.8 Å². The zero-order chi connectivity index (χ0) is 18.0. The van der Waals surface area contributed by atoms with Crippen molar-refractivity contribution in [2.24, 2.45) is 0 Å². The Bertz CT molecular complexity index is 1010. The summed E-state index contributed by atoms with van der Waals surface area (Å²) in [7, 11) is 1.14. The maximum Gasteiger partial charge on any atom is 0.360 e. The van der Waals surface area contributed by atoms with Crippen LogP contribution in [0.3, 0.4) is 0 Å². The van der Waals surface area contributed by atoms with E-state index in [1.807, 2.05) is 6.07 Å². The minimum Gasteiger partial charge on any atom is -0.505 e. The molecule has 0 aliphatic carbocycles. The van der Waals surface area contributed by atoms with Crippen LogP contribution in [0, 0.1) is 17.1 Å². The summed E-state index contributed by atoms with van der Waals surface area (Å²) < 4.78 is 23.3. The Morgan fingerprint density at radius 2 is 1.96 bits per heavy atom. The number of rotatable bonds is 3. The van der Waals surface area contributed by atoms with Crippen molar-refractivity contribution in [2.75, 3.05) is 7.11 Å². The Morgan fingerprint density at radius 1 is 1.24 bits per heavy atom. The molecule has 1 N–H and O–H groups in total. The van der Waals surface area contributed by atoms with Gasteiger partial charge in [0.05, 0.1) is 12.5 Å². The molecule has 1 heterocycles. The number of hydrogen-bond donors (Lipinski definition) is 1. The number of aromatic nitrogens is 1. The van der Waals surface area contributed by atoms with Crippen LogP contribution < -0.4 is 4.74 Å². The number of fused-ring (bicyclic) bond motifs is 1. The molecule has 0 amide bonds. The monoisotopic (exact) mass is 338 g/mol. The molecule has 7 heteroatoms. The number of nitrogens with zero attached hydrogens (tertiary/aromatic N) is 2. The van der Waals surface area contributed by atoms with Gasteiger partial charge in [-0.05, 0) is 30.3 Å². The molecule has 0 unspecified atom stereocenters. The summed E-state index contributed by atoms with van der Waals surface area (Å²) in [4.78, 5) is 15.7. The van der Waals surface area contributed by atoms with E-state index in [4.69, 9.17) is 4.74 Å². The Morgan fingerprint density at radius 3 is 2.60 bits per heavy atom. The molecule has 0 saturated carbocycles. The fourth-order valence-corrected chi connectivity index (χ4v) is 2.35. The zero-order valence-electron chi connectivity index (χ0n) is 13.0. The van der Waals surface area contributed by atoms with E-state index in [0.717, 1.165) is 7.11 Å². The predicted molar refractivity (Wildman–Crippen MR) is 85.9 cm³/mol. The highest BCUT2D eigenvalue weighted by Crippen LogP contribution is 2.38. The summed E-state index contributed by atoms with van der Waals surface area (Å²) in [5.74, 6) is -1.25. The van der Waals surface area contributed by atoms with Crippen molar-refractivity contribution in [3.8, 4) is 23.3 Å². The highest BCUT2D eigenvalue weighted by Gasteiger charge is 2.22. The first-order valence-electron chi connectivity index (χ1n) is 7.12. The number of hydrogen-bond acceptors (Lipinski definition) is 6. The van der Waals surface area contributed by atoms with Crippen LogP contribution in [0.4, 0.5) is 4.39 Å². The average Bonchev–Trinajstić information content (AvgIpc) is 2.63. The number of carbonyl (C=O) groups is 1. The molecule has 0 aliphatic heterocycles. The summed E-state index contributed by atoms with van der Waals surface area (Å²) in [5.41, 5.74) is -0.445. The van der Waals surface area contributed by atoms with Crippen LogP contribution in [0.5, 0.6) is 17.2 Å². The average molecular weight is 338 g/mol. The van der Waals surface area contributed by atoms with Crippen LogP contribution in [-0.2, 0) is 4.74 Å². The molecule has 25 heavy (non-hydrogen) atoms. The fourth-order valence-electron chi connectivity index (χ4n) is 2.35. The molecule has 0 fully saturated rings. The van der Waals surface area contributed by atoms with Gasteiger partial charge in [-0.3, -0.25) is 0 Å². The SMILES string of the molecule is COC(=O)c1nc(C#N)c2cccc(Oc3ccc(F)cc3)c2c1O. The standard InChI is InChI=1S/C18H11FN2O4/c1-24-18(23)16-17(22)15-12(13(9-20)21-16)3-2-4-14(15)25-11-7-5-10(19)6-8-11/h2-8,22H,1H3. The van der Waals surface area contributed by atoms with E-state index in [2.05, 4.69) is 9.72 Å². The lowest BCUT2D eigenvalue weighted by atomic mass is 10.1. The van der Waals surface area contributed by atoms with Gasteiger partial charge in [0.2, 0.25) is 0 Å². The number of halogens is 1. The molecule has 0 radical (unpaired) electrons. The summed E-state index contributed by atoms with van der Waals surface area (Å²) in [6, 6.07) is 11.9. The van der Waals surface area contributed by atoms with Gasteiger partial charge in [-0.2, -0.15) is 5.26 Å². The summed E-state index contributed by atoms with van der Waals surface area (Å²) in [6.07, 6.45) is 0. The quantitative estimate of drug-likeness (QED) is 0.735. The molecule has 3 aromatic rings. The van der Waals surface area contributed by atoms with E-state index in [-0.39, 0.29) is 22.5 Å². The van der Waals surface area contributed by atoms with E-state index in [1.54, 1.807) is 18.2 Å². The first-order chi connectivity index (χ1) is 12.0. The normalized spacial score (nSPS) is 10.3. The third-order valence-electron chi connectivity index (χ3n) is 3.49. The lowest BCUT2D eigenvalue weighted by molar-refractivity contribution is 0.0590. The van der Waals surface area contributed by atoms with Gasteiger partial charge in [-0.25, -0.2) is 14.2 Å². The summed E-state index contributed by atoms with van der Waals surface area (Å²) >= 11 is 0. The lowest BCUT2D eigenvalue weighted by Gasteiger charge is -2.12. The van der Waals surface area contributed by atoms with Crippen molar-refractivity contribution in [1.29, 1.82) is 5.26 Å². The van der Waals surface area contributed by atoms with E-state index in [1.165, 1.54) is 24.3 Å². The minimum atomic E-state index is -0.882. The number of methoxy groups -OCH3 is 1. The molecule has 0 atom stereocenters. The van der Waals surface area contributed by atoms with E-state index < -0.39 is 17.5 Å². The van der Waals surface area contributed by atoms with Gasteiger partial charge in [-0.1, -0.05) is 12.1 Å². The van der Waals surface area contributed by atoms with Gasteiger partial charge in [0.1, 0.15) is 29.1 Å². The molecule has 0 saturated heterocycles. The van der Waals surface area contributed by atoms with Crippen molar-refractivity contribution >= 4 is 16.7 Å². The molecule has 1 aromatic heterocycles. The van der Waals surface area contributed by atoms with E-state index in [9.17, 15) is 19.6 Å². The van der Waals surface area contributed by atoms with Crippen LogP contribution in [0.1, 0.15) is 16.2 Å². The van der Waals surface area contributed by atoms with Crippen molar-refractivity contribution in [3.63, 3.8) is 0 Å². The van der Waals surface area contributed by atoms with Gasteiger partial charge in [0.25, 0.3) is 0 Å². The number of aromatic hydroxyl groups is 1. The molecule has 2 aromatic carbocycles. The first kappa shape index (κ1) is 16.2. The molecule has 0 bridgehead atoms. The lowest BCUT2D eigenvalue weighted by Crippen LogP contribution is -2.07. The Hall–Kier alpha value is -3.66. The van der Waals surface area contributed by atoms with E-state index >= 15 is 0 Å². The highest BCUT2D eigenvalue weighted by molar-refractivity contribution is 6.03. The second kappa shape index (κ2) is 6.45. The number of nitriles is 1. The first-order valence-corrected chi connectivity index (χ1v) is 7.12. The van der Waals surface area contributed by atoms with Crippen LogP contribution in [0.15, 0.2) is 42.5 Å². The minimum absolute atomic E-state index is 0.0576. The topological polar surface area (TPSA) is 92.4 Å². The second-order valence-electron chi connectivity index (χ2n) is 5.00. The summed E-state index contributed by atoms with van der Waals surface area (Å²) in [5, 5.41) is 20.2. The summed E-state index contributed by atoms with van der Waals surface area (Å²) in [6.45, 7) is 0. The fraction of sp³-hybridized carbons (Fsp3) is 0.0556. The van der Waals surface area contributed by atoms with Crippen molar-refractivity contribution in [1.82, 2.24) is 4.98 Å². The molecular formula is C18H11FN2O4. The third kappa shape index (κ3) is 2.93. The third-order valence-corrected chi connectivity index (χ3v) is 3.49. The van der Waals surface area contributed by atoms with Gasteiger partial charge < -0.3 is 14.6 Å². The van der Waals surface area contributed by atoms with Crippen LogP contribution in [-0.4, -0.2) is 23.2 Å². The second-order valence-corrected chi connectivity index (χ2v) is 5.00. The largest absolute Gasteiger partial charge is 0.505 e. The maximum absolute atomic E-state index is 13.0. The molecule has 0 aliphatic rings. The number of esters is 1. The zero-order valence-corrected chi connectivity index (χ0v) is 13.0. The number of benzene rings is 2. The van der Waals surface area contributed by atoms with Gasteiger partial charge in [0.15, 0.2) is 11.4 Å². The van der Waals surface area contributed by atoms with E-state index in [0.29, 0.717) is 11.1 Å². The Labute approximate surface area is 141 Å². The number of ether oxygens (including phenoxy) is 2. The Kier molecular flexibility index (Phi) is 4.18. The van der Waals surface area contributed by atoms with Gasteiger partial charge in [0, 0.05) is 5.39 Å². The van der Waals surface area contributed by atoms with Crippen LogP contribution >= 0.6 is 0 Å². The van der Waals surface area contributed by atoms with Gasteiger partial charge in [-0.15, -0.1) is 0 Å². The molecule has 124 valence electrons. The highest BCUT2D eigenvalue weighted by atomic mass is 19.1. The van der Waals surface area contributed by atoms with Crippen molar-refractivity contribution < 1.29 is 23.8 Å². The number of pyridine rings is 1. The molecule has 3 rings (SSSR count). The van der Waals surface area contributed by atoms with Gasteiger partial charge >= 0.3 is 5.97 Å². The van der Waals surface area contributed by atoms with Crippen LogP contribution in [0.2, 0.25) is 0 Å². The predicted octanol–water partition coefficient (Wildman–Crippen LogP) is 3.53. The molecular weight excluding hydrogens is 327 g/mol. The smallest absolute Gasteiger partial charge is 0.360 e.